The Labute approximate surface area is 271 Å². The summed E-state index contributed by atoms with van der Waals surface area (Å²) >= 11 is 6.69. The molecule has 3 aromatic rings. The lowest BCUT2D eigenvalue weighted by molar-refractivity contribution is -0.154. The summed E-state index contributed by atoms with van der Waals surface area (Å²) in [5, 5.41) is 0. The molecule has 0 N–H and O–H groups in total. The monoisotopic (exact) mass is 684 g/mol. The van der Waals surface area contributed by atoms with Crippen molar-refractivity contribution in [1.82, 2.24) is 0 Å². The van der Waals surface area contributed by atoms with E-state index in [-0.39, 0.29) is 13.2 Å². The quantitative estimate of drug-likeness (QED) is 0.0845. The zero-order valence-electron chi connectivity index (χ0n) is 24.9. The largest absolute Gasteiger partial charge is 0.489 e. The van der Waals surface area contributed by atoms with Gasteiger partial charge in [0.15, 0.2) is 11.2 Å². The minimum atomic E-state index is -0.948. The summed E-state index contributed by atoms with van der Waals surface area (Å²) in [5.74, 6) is 1.03. The van der Waals surface area contributed by atoms with Crippen molar-refractivity contribution in [2.24, 2.45) is 0 Å². The van der Waals surface area contributed by atoms with Crippen LogP contribution in [0.1, 0.15) is 27.7 Å². The second-order valence-corrected chi connectivity index (χ2v) is 13.6. The molecule has 9 heteroatoms. The van der Waals surface area contributed by atoms with Crippen LogP contribution < -0.4 is 9.47 Å². The number of carbonyl (C=O) groups is 2. The maximum absolute atomic E-state index is 12.5. The van der Waals surface area contributed by atoms with Crippen LogP contribution in [-0.2, 0) is 19.1 Å². The van der Waals surface area contributed by atoms with Gasteiger partial charge in [-0.25, -0.2) is 9.59 Å². The van der Waals surface area contributed by atoms with Gasteiger partial charge in [-0.05, 0) is 80.0 Å². The zero-order valence-corrected chi connectivity index (χ0v) is 28.1. The molecule has 6 nitrogen and oxygen atoms in total. The van der Waals surface area contributed by atoms with Gasteiger partial charge in [-0.2, -0.15) is 0 Å². The summed E-state index contributed by atoms with van der Waals surface area (Å²) in [5.41, 5.74) is -1.25. The number of halogens is 1. The van der Waals surface area contributed by atoms with Gasteiger partial charge in [-0.15, -0.1) is 23.5 Å². The Morgan fingerprint density at radius 1 is 0.721 bits per heavy atom. The summed E-state index contributed by atoms with van der Waals surface area (Å²) in [6, 6.07) is 25.1. The molecule has 2 atom stereocenters. The second-order valence-electron chi connectivity index (χ2n) is 10.6. The molecule has 0 amide bonds. The fourth-order valence-corrected chi connectivity index (χ4v) is 5.77. The Morgan fingerprint density at radius 3 is 1.60 bits per heavy atom. The summed E-state index contributed by atoms with van der Waals surface area (Å²) < 4.78 is 24.7. The predicted molar refractivity (Wildman–Crippen MR) is 178 cm³/mol. The molecule has 0 bridgehead atoms. The Kier molecular flexibility index (Phi) is 12.8. The highest BCUT2D eigenvalue weighted by atomic mass is 79.9. The minimum absolute atomic E-state index is 0.0928. The molecule has 3 rings (SSSR count). The van der Waals surface area contributed by atoms with Crippen LogP contribution in [0.15, 0.2) is 117 Å². The molecule has 0 saturated carbocycles. The van der Waals surface area contributed by atoms with E-state index in [0.29, 0.717) is 38.6 Å². The smallest absolute Gasteiger partial charge is 0.333 e. The minimum Gasteiger partial charge on any atom is -0.489 e. The second kappa shape index (κ2) is 16.1. The van der Waals surface area contributed by atoms with Gasteiger partial charge in [0.25, 0.3) is 0 Å². The van der Waals surface area contributed by atoms with Crippen molar-refractivity contribution in [3.63, 3.8) is 0 Å². The molecule has 3 aromatic carbocycles. The summed E-state index contributed by atoms with van der Waals surface area (Å²) in [7, 11) is 0. The Balaban J connectivity index is 1.72. The van der Waals surface area contributed by atoms with Crippen molar-refractivity contribution in [3.8, 4) is 11.5 Å². The molecule has 0 aliphatic carbocycles. The Morgan fingerprint density at radius 2 is 1.16 bits per heavy atom. The molecular weight excluding hydrogens is 648 g/mol. The van der Waals surface area contributed by atoms with E-state index < -0.39 is 23.1 Å². The molecule has 0 fully saturated rings. The molecule has 228 valence electrons. The average Bonchev–Trinajstić information content (AvgIpc) is 2.99. The van der Waals surface area contributed by atoms with Crippen molar-refractivity contribution in [2.75, 3.05) is 24.7 Å². The van der Waals surface area contributed by atoms with Crippen LogP contribution >= 0.6 is 39.5 Å². The van der Waals surface area contributed by atoms with Gasteiger partial charge in [-0.1, -0.05) is 49.6 Å². The molecule has 0 saturated heterocycles. The molecule has 2 unspecified atom stereocenters. The van der Waals surface area contributed by atoms with E-state index >= 15 is 0 Å². The molecule has 0 aliphatic heterocycles. The molecular formula is C34H37BrO6S2. The van der Waals surface area contributed by atoms with E-state index in [2.05, 4.69) is 29.1 Å². The van der Waals surface area contributed by atoms with Crippen molar-refractivity contribution >= 4 is 51.4 Å². The first-order valence-corrected chi connectivity index (χ1v) is 16.3. The number of benzene rings is 3. The van der Waals surface area contributed by atoms with E-state index in [4.69, 9.17) is 18.9 Å². The molecule has 0 radical (unpaired) electrons. The van der Waals surface area contributed by atoms with Gasteiger partial charge in [0, 0.05) is 38.5 Å². The lowest BCUT2D eigenvalue weighted by Gasteiger charge is -2.30. The number of hydrogen-bond acceptors (Lipinski definition) is 8. The average molecular weight is 686 g/mol. The van der Waals surface area contributed by atoms with Crippen molar-refractivity contribution < 1.29 is 28.5 Å². The van der Waals surface area contributed by atoms with Crippen LogP contribution in [0.2, 0.25) is 0 Å². The molecule has 0 aliphatic rings. The number of hydrogen-bond donors (Lipinski definition) is 0. The first-order chi connectivity index (χ1) is 20.4. The van der Waals surface area contributed by atoms with E-state index in [0.717, 1.165) is 9.79 Å². The van der Waals surface area contributed by atoms with Gasteiger partial charge in [0.1, 0.15) is 24.7 Å². The Hall–Kier alpha value is -3.14. The third-order valence-electron chi connectivity index (χ3n) is 5.93. The van der Waals surface area contributed by atoms with Gasteiger partial charge in [-0.3, -0.25) is 0 Å². The van der Waals surface area contributed by atoms with Crippen molar-refractivity contribution in [3.05, 3.63) is 108 Å². The van der Waals surface area contributed by atoms with Crippen LogP contribution in [0.4, 0.5) is 0 Å². The Bertz CT molecular complexity index is 1410. The predicted octanol–water partition coefficient (Wildman–Crippen LogP) is 8.55. The standard InChI is InChI=1S/C34H37BrO6S2/c1-24(2)31(36)40-33(5,22-42-27-13-9-7-10-14-27)20-38-26-17-18-29(35)30(19-26)39-21-34(6,41-32(37)25(3)4)23-43-28-15-11-8-12-16-28/h7-19H,1,3,20-23H2,2,4-6H3. The third kappa shape index (κ3) is 11.5. The van der Waals surface area contributed by atoms with Crippen molar-refractivity contribution in [2.45, 2.75) is 48.7 Å². The van der Waals surface area contributed by atoms with E-state index in [1.807, 2.05) is 80.6 Å². The summed E-state index contributed by atoms with van der Waals surface area (Å²) in [6.45, 7) is 14.5. The highest BCUT2D eigenvalue weighted by molar-refractivity contribution is 9.10. The molecule has 43 heavy (non-hydrogen) atoms. The van der Waals surface area contributed by atoms with Gasteiger partial charge >= 0.3 is 11.9 Å². The number of carbonyl (C=O) groups excluding carboxylic acids is 2. The number of esters is 2. The highest BCUT2D eigenvalue weighted by Gasteiger charge is 2.32. The third-order valence-corrected chi connectivity index (χ3v) is 9.31. The van der Waals surface area contributed by atoms with E-state index in [1.165, 1.54) is 0 Å². The maximum Gasteiger partial charge on any atom is 0.333 e. The normalized spacial score (nSPS) is 13.6. The highest BCUT2D eigenvalue weighted by Crippen LogP contribution is 2.33. The fraction of sp³-hybridized carbons (Fsp3) is 0.294. The first-order valence-electron chi connectivity index (χ1n) is 13.6. The SMILES string of the molecule is C=C(C)C(=O)OC(C)(COc1ccc(Br)c(OCC(C)(CSc2ccccc2)OC(=O)C(=C)C)c1)CSc1ccccc1. The summed E-state index contributed by atoms with van der Waals surface area (Å²) in [6.07, 6.45) is 0. The zero-order chi connectivity index (χ0) is 31.5. The molecule has 0 aromatic heterocycles. The lowest BCUT2D eigenvalue weighted by atomic mass is 10.1. The van der Waals surface area contributed by atoms with Crippen LogP contribution in [-0.4, -0.2) is 47.9 Å². The van der Waals surface area contributed by atoms with Crippen LogP contribution in [0, 0.1) is 0 Å². The van der Waals surface area contributed by atoms with Gasteiger partial charge < -0.3 is 18.9 Å². The fourth-order valence-electron chi connectivity index (χ4n) is 3.48. The maximum atomic E-state index is 12.5. The topological polar surface area (TPSA) is 71.1 Å². The van der Waals surface area contributed by atoms with Crippen molar-refractivity contribution in [1.29, 1.82) is 0 Å². The molecule has 0 heterocycles. The van der Waals surface area contributed by atoms with Crippen LogP contribution in [0.25, 0.3) is 0 Å². The number of ether oxygens (including phenoxy) is 4. The first kappa shape index (κ1) is 34.4. The van der Waals surface area contributed by atoms with Crippen LogP contribution in [0.3, 0.4) is 0 Å². The van der Waals surface area contributed by atoms with Crippen LogP contribution in [0.5, 0.6) is 11.5 Å². The number of thioether (sulfide) groups is 2. The molecule has 0 spiro atoms. The van der Waals surface area contributed by atoms with E-state index in [1.54, 1.807) is 49.5 Å². The van der Waals surface area contributed by atoms with Gasteiger partial charge in [0.2, 0.25) is 0 Å². The van der Waals surface area contributed by atoms with Gasteiger partial charge in [0.05, 0.1) is 4.47 Å². The van der Waals surface area contributed by atoms with E-state index in [9.17, 15) is 9.59 Å². The lowest BCUT2D eigenvalue weighted by Crippen LogP contribution is -2.41. The summed E-state index contributed by atoms with van der Waals surface area (Å²) in [4.78, 5) is 27.1. The number of rotatable bonds is 16.